The fraction of sp³-hybridized carbons (Fsp3) is 0. The molecule has 1 aromatic carbocycles. The number of benzene rings is 1. The van der Waals surface area contributed by atoms with Gasteiger partial charge < -0.3 is 0 Å². The quantitative estimate of drug-likeness (QED) is 0.761. The summed E-state index contributed by atoms with van der Waals surface area (Å²) in [6, 6.07) is 9.83. The van der Waals surface area contributed by atoms with Crippen molar-refractivity contribution in [3.63, 3.8) is 0 Å². The third kappa shape index (κ3) is 1.88. The van der Waals surface area contributed by atoms with Crippen LogP contribution in [0.5, 0.6) is 0 Å². The van der Waals surface area contributed by atoms with Gasteiger partial charge in [0.1, 0.15) is 0 Å². The molecule has 2 aromatic heterocycles. The van der Waals surface area contributed by atoms with Crippen LogP contribution in [0.3, 0.4) is 0 Å². The van der Waals surface area contributed by atoms with Crippen molar-refractivity contribution in [2.45, 2.75) is 4.34 Å². The third-order valence-electron chi connectivity index (χ3n) is 2.27. The molecular weight excluding hydrogens is 256 g/mol. The Morgan fingerprint density at radius 1 is 1.29 bits per heavy atom. The highest BCUT2D eigenvalue weighted by Crippen LogP contribution is 2.22. The average Bonchev–Trinajstić information content (AvgIpc) is 2.87. The molecule has 1 atom stereocenters. The summed E-state index contributed by atoms with van der Waals surface area (Å²) in [4.78, 5) is 5.11. The van der Waals surface area contributed by atoms with Crippen LogP contribution in [0.2, 0.25) is 0 Å². The van der Waals surface area contributed by atoms with Crippen LogP contribution in [0.25, 0.3) is 16.2 Å². The van der Waals surface area contributed by atoms with E-state index in [1.165, 1.54) is 11.3 Å². The van der Waals surface area contributed by atoms with E-state index in [1.54, 1.807) is 10.7 Å². The molecule has 0 spiro atoms. The highest BCUT2D eigenvalue weighted by molar-refractivity contribution is 7.85. The number of hydrogen-bond acceptors (Lipinski definition) is 4. The summed E-state index contributed by atoms with van der Waals surface area (Å²) in [6.45, 7) is 0. The molecular formula is C10H8N4OS2. The van der Waals surface area contributed by atoms with Gasteiger partial charge in [-0.1, -0.05) is 41.7 Å². The number of nitrogens with two attached hydrogens (primary N) is 1. The second kappa shape index (κ2) is 4.02. The lowest BCUT2D eigenvalue weighted by atomic mass is 10.2. The zero-order chi connectivity index (χ0) is 11.8. The Morgan fingerprint density at radius 3 is 2.71 bits per heavy atom. The first-order chi connectivity index (χ1) is 8.24. The predicted octanol–water partition coefficient (Wildman–Crippen LogP) is 1.44. The van der Waals surface area contributed by atoms with E-state index in [4.69, 9.17) is 5.14 Å². The van der Waals surface area contributed by atoms with Crippen LogP contribution in [0.1, 0.15) is 0 Å². The molecule has 0 aliphatic rings. The van der Waals surface area contributed by atoms with Crippen LogP contribution in [-0.4, -0.2) is 18.8 Å². The van der Waals surface area contributed by atoms with E-state index in [1.807, 2.05) is 30.3 Å². The van der Waals surface area contributed by atoms with Crippen molar-refractivity contribution in [1.82, 2.24) is 14.6 Å². The number of rotatable bonds is 2. The number of imidazole rings is 1. The first-order valence-corrected chi connectivity index (χ1v) is 6.85. The maximum Gasteiger partial charge on any atom is 0.219 e. The number of nitrogens with zero attached hydrogens (tertiary/aromatic N) is 3. The van der Waals surface area contributed by atoms with Crippen LogP contribution < -0.4 is 5.14 Å². The smallest absolute Gasteiger partial charge is 0.219 e. The van der Waals surface area contributed by atoms with Gasteiger partial charge in [0, 0.05) is 5.56 Å². The minimum atomic E-state index is -1.54. The molecule has 0 saturated heterocycles. The Balaban J connectivity index is 2.10. The molecule has 0 fully saturated rings. The molecule has 2 N–H and O–H groups in total. The van der Waals surface area contributed by atoms with Crippen LogP contribution in [0.4, 0.5) is 0 Å². The molecule has 7 heteroatoms. The average molecular weight is 264 g/mol. The van der Waals surface area contributed by atoms with Gasteiger partial charge in [-0.25, -0.2) is 18.8 Å². The summed E-state index contributed by atoms with van der Waals surface area (Å²) in [5.74, 6) is 0. The fourth-order valence-electron chi connectivity index (χ4n) is 1.51. The zero-order valence-corrected chi connectivity index (χ0v) is 10.2. The molecule has 2 heterocycles. The first kappa shape index (κ1) is 10.6. The van der Waals surface area contributed by atoms with Gasteiger partial charge in [-0.05, 0) is 0 Å². The van der Waals surface area contributed by atoms with E-state index in [2.05, 4.69) is 10.1 Å². The number of hydrogen-bond donors (Lipinski definition) is 1. The van der Waals surface area contributed by atoms with Crippen molar-refractivity contribution < 1.29 is 4.21 Å². The summed E-state index contributed by atoms with van der Waals surface area (Å²) in [6.07, 6.45) is 1.80. The SMILES string of the molecule is NS(=O)c1nn2cc(-c3ccccc3)nc2s1. The Labute approximate surface area is 104 Å². The van der Waals surface area contributed by atoms with Crippen LogP contribution in [0.15, 0.2) is 40.9 Å². The van der Waals surface area contributed by atoms with E-state index in [0.717, 1.165) is 11.3 Å². The second-order valence-corrected chi connectivity index (χ2v) is 5.58. The molecule has 0 aliphatic heterocycles. The van der Waals surface area contributed by atoms with Crippen LogP contribution in [0, 0.1) is 0 Å². The van der Waals surface area contributed by atoms with Crippen molar-refractivity contribution in [2.75, 3.05) is 0 Å². The van der Waals surface area contributed by atoms with Gasteiger partial charge in [0.2, 0.25) is 9.30 Å². The van der Waals surface area contributed by atoms with E-state index in [0.29, 0.717) is 9.30 Å². The van der Waals surface area contributed by atoms with Gasteiger partial charge in [0.15, 0.2) is 11.0 Å². The molecule has 0 radical (unpaired) electrons. The van der Waals surface area contributed by atoms with Gasteiger partial charge >= 0.3 is 0 Å². The standard InChI is InChI=1S/C10H8N4OS2/c11-17(15)10-13-14-6-8(12-9(14)16-10)7-4-2-1-3-5-7/h1-6H,11H2. The molecule has 0 saturated carbocycles. The highest BCUT2D eigenvalue weighted by Gasteiger charge is 2.11. The monoisotopic (exact) mass is 264 g/mol. The van der Waals surface area contributed by atoms with Crippen molar-refractivity contribution >= 4 is 27.3 Å². The Bertz CT molecular complexity index is 657. The summed E-state index contributed by atoms with van der Waals surface area (Å²) in [5, 5.41) is 9.37. The Hall–Kier alpha value is -1.57. The van der Waals surface area contributed by atoms with Crippen molar-refractivity contribution in [1.29, 1.82) is 0 Å². The minimum Gasteiger partial charge on any atom is -0.245 e. The van der Waals surface area contributed by atoms with Gasteiger partial charge in [-0.15, -0.1) is 5.10 Å². The van der Waals surface area contributed by atoms with E-state index < -0.39 is 11.0 Å². The number of aromatic nitrogens is 3. The van der Waals surface area contributed by atoms with Gasteiger partial charge in [-0.3, -0.25) is 0 Å². The first-order valence-electron chi connectivity index (χ1n) is 4.82. The minimum absolute atomic E-state index is 0.382. The van der Waals surface area contributed by atoms with E-state index >= 15 is 0 Å². The Kier molecular flexibility index (Phi) is 2.50. The summed E-state index contributed by atoms with van der Waals surface area (Å²) in [7, 11) is -1.54. The maximum absolute atomic E-state index is 11.1. The van der Waals surface area contributed by atoms with E-state index in [9.17, 15) is 4.21 Å². The lowest BCUT2D eigenvalue weighted by molar-refractivity contribution is 0.681. The van der Waals surface area contributed by atoms with Gasteiger partial charge in [0.05, 0.1) is 11.9 Å². The fourth-order valence-corrected chi connectivity index (χ4v) is 2.85. The lowest BCUT2D eigenvalue weighted by Gasteiger charge is -1.92. The summed E-state index contributed by atoms with van der Waals surface area (Å²) >= 11 is 1.24. The van der Waals surface area contributed by atoms with Crippen LogP contribution in [-0.2, 0) is 11.0 Å². The zero-order valence-electron chi connectivity index (χ0n) is 8.61. The summed E-state index contributed by atoms with van der Waals surface area (Å²) in [5.41, 5.74) is 1.87. The number of fused-ring (bicyclic) bond motifs is 1. The van der Waals surface area contributed by atoms with Gasteiger partial charge in [-0.2, -0.15) is 0 Å². The van der Waals surface area contributed by atoms with E-state index in [-0.39, 0.29) is 0 Å². The lowest BCUT2D eigenvalue weighted by Crippen LogP contribution is -2.02. The van der Waals surface area contributed by atoms with Gasteiger partial charge in [0.25, 0.3) is 0 Å². The largest absolute Gasteiger partial charge is 0.245 e. The molecule has 0 amide bonds. The molecule has 0 bridgehead atoms. The van der Waals surface area contributed by atoms with Crippen LogP contribution >= 0.6 is 11.3 Å². The predicted molar refractivity (Wildman–Crippen MR) is 66.9 cm³/mol. The van der Waals surface area contributed by atoms with Crippen molar-refractivity contribution in [3.05, 3.63) is 36.5 Å². The second-order valence-electron chi connectivity index (χ2n) is 3.38. The molecule has 1 unspecified atom stereocenters. The molecule has 3 aromatic rings. The topological polar surface area (TPSA) is 73.3 Å². The molecule has 86 valence electrons. The molecule has 3 rings (SSSR count). The van der Waals surface area contributed by atoms with Crippen molar-refractivity contribution in [2.24, 2.45) is 5.14 Å². The van der Waals surface area contributed by atoms with Crippen molar-refractivity contribution in [3.8, 4) is 11.3 Å². The molecule has 0 aliphatic carbocycles. The normalized spacial score (nSPS) is 13.0. The molecule has 5 nitrogen and oxygen atoms in total. The maximum atomic E-state index is 11.1. The third-order valence-corrected chi connectivity index (χ3v) is 4.15. The highest BCUT2D eigenvalue weighted by atomic mass is 32.2. The summed E-state index contributed by atoms with van der Waals surface area (Å²) < 4.78 is 13.0. The Morgan fingerprint density at radius 2 is 2.06 bits per heavy atom. The molecule has 17 heavy (non-hydrogen) atoms.